The van der Waals surface area contributed by atoms with Crippen LogP contribution in [0.1, 0.15) is 31.9 Å². The number of aryl methyl sites for hydroxylation is 1. The third kappa shape index (κ3) is 5.03. The monoisotopic (exact) mass is 363 g/mol. The summed E-state index contributed by atoms with van der Waals surface area (Å²) in [6.45, 7) is 10.4. The number of carbonyl (C=O) groups is 2. The first-order valence-electron chi connectivity index (χ1n) is 8.82. The third-order valence-electron chi connectivity index (χ3n) is 4.39. The van der Waals surface area contributed by atoms with Gasteiger partial charge in [-0.1, -0.05) is 38.5 Å². The highest BCUT2D eigenvalue weighted by atomic mass is 16.5. The van der Waals surface area contributed by atoms with E-state index in [1.807, 2.05) is 12.1 Å². The minimum absolute atomic E-state index is 0.0461. The number of rotatable bonds is 3. The van der Waals surface area contributed by atoms with Crippen molar-refractivity contribution in [3.63, 3.8) is 0 Å². The topological polar surface area (TPSA) is 71.1 Å². The van der Waals surface area contributed by atoms with E-state index >= 15 is 0 Å². The van der Waals surface area contributed by atoms with Gasteiger partial charge in [-0.3, -0.25) is 0 Å². The number of amides is 3. The Kier molecular flexibility index (Phi) is 6.34. The average Bonchev–Trinajstić information content (AvgIpc) is 2.61. The fourth-order valence-electron chi connectivity index (χ4n) is 2.86. The van der Waals surface area contributed by atoms with Gasteiger partial charge in [0.15, 0.2) is 6.73 Å². The number of nitrogens with zero attached hydrogens (tertiary/aromatic N) is 2. The van der Waals surface area contributed by atoms with E-state index in [1.54, 1.807) is 9.80 Å². The van der Waals surface area contributed by atoms with Crippen molar-refractivity contribution >= 4 is 12.1 Å². The molecule has 1 N–H and O–H groups in total. The first-order valence-corrected chi connectivity index (χ1v) is 8.82. The van der Waals surface area contributed by atoms with Crippen molar-refractivity contribution in [2.24, 2.45) is 0 Å². The summed E-state index contributed by atoms with van der Waals surface area (Å²) in [5.74, 6) is 0.777. The van der Waals surface area contributed by atoms with Crippen LogP contribution < -0.4 is 10.1 Å². The molecule has 7 heteroatoms. The molecule has 1 aliphatic heterocycles. The van der Waals surface area contributed by atoms with Crippen molar-refractivity contribution in [1.29, 1.82) is 0 Å². The maximum absolute atomic E-state index is 12.3. The van der Waals surface area contributed by atoms with Gasteiger partial charge in [-0.25, -0.2) is 9.59 Å². The molecule has 1 fully saturated rings. The van der Waals surface area contributed by atoms with E-state index in [0.717, 1.165) is 11.3 Å². The average molecular weight is 363 g/mol. The van der Waals surface area contributed by atoms with Gasteiger partial charge >= 0.3 is 12.1 Å². The fourth-order valence-corrected chi connectivity index (χ4v) is 2.86. The lowest BCUT2D eigenvalue weighted by Gasteiger charge is -2.33. The standard InChI is InChI=1S/C19H29N3O4/c1-14-6-7-16(15(12-14)19(2,3)4)26-13-20-17(23)21-8-10-22(11-9-21)18(24)25-5/h6-7,12H,8-11,13H2,1-5H3,(H,20,23). The second-order valence-corrected chi connectivity index (χ2v) is 7.46. The quantitative estimate of drug-likeness (QED) is 0.838. The predicted molar refractivity (Wildman–Crippen MR) is 99.5 cm³/mol. The molecule has 1 aliphatic rings. The highest BCUT2D eigenvalue weighted by Crippen LogP contribution is 2.31. The number of methoxy groups -OCH3 is 1. The van der Waals surface area contributed by atoms with Crippen LogP contribution in [0.2, 0.25) is 0 Å². The Morgan fingerprint density at radius 3 is 2.31 bits per heavy atom. The summed E-state index contributed by atoms with van der Waals surface area (Å²) < 4.78 is 10.5. The van der Waals surface area contributed by atoms with Crippen LogP contribution in [0, 0.1) is 6.92 Å². The highest BCUT2D eigenvalue weighted by molar-refractivity contribution is 5.74. The van der Waals surface area contributed by atoms with Crippen molar-refractivity contribution in [1.82, 2.24) is 15.1 Å². The molecule has 0 bridgehead atoms. The molecule has 0 radical (unpaired) electrons. The van der Waals surface area contributed by atoms with Gasteiger partial charge in [0.2, 0.25) is 0 Å². The van der Waals surface area contributed by atoms with Crippen LogP contribution in [0.25, 0.3) is 0 Å². The molecule has 1 heterocycles. The molecule has 0 aliphatic carbocycles. The third-order valence-corrected chi connectivity index (χ3v) is 4.39. The number of carbonyl (C=O) groups excluding carboxylic acids is 2. The van der Waals surface area contributed by atoms with Crippen LogP contribution in [0.5, 0.6) is 5.75 Å². The van der Waals surface area contributed by atoms with Crippen molar-refractivity contribution in [3.8, 4) is 5.75 Å². The minimum Gasteiger partial charge on any atom is -0.473 e. The summed E-state index contributed by atoms with van der Waals surface area (Å²) in [7, 11) is 1.36. The maximum Gasteiger partial charge on any atom is 0.409 e. The Morgan fingerprint density at radius 1 is 1.12 bits per heavy atom. The van der Waals surface area contributed by atoms with E-state index in [-0.39, 0.29) is 24.3 Å². The molecule has 1 aromatic rings. The lowest BCUT2D eigenvalue weighted by atomic mass is 9.85. The van der Waals surface area contributed by atoms with E-state index in [4.69, 9.17) is 9.47 Å². The number of piperazine rings is 1. The number of hydrogen-bond acceptors (Lipinski definition) is 4. The van der Waals surface area contributed by atoms with Crippen LogP contribution in [-0.2, 0) is 10.2 Å². The van der Waals surface area contributed by atoms with Gasteiger partial charge in [-0.05, 0) is 24.0 Å². The summed E-state index contributed by atoms with van der Waals surface area (Å²) in [6, 6.07) is 5.86. The van der Waals surface area contributed by atoms with E-state index in [0.29, 0.717) is 26.2 Å². The van der Waals surface area contributed by atoms with Crippen LogP contribution >= 0.6 is 0 Å². The molecule has 0 spiro atoms. The van der Waals surface area contributed by atoms with Crippen molar-refractivity contribution in [2.45, 2.75) is 33.1 Å². The molecule has 7 nitrogen and oxygen atoms in total. The van der Waals surface area contributed by atoms with Crippen LogP contribution in [0.4, 0.5) is 9.59 Å². The molecule has 1 aromatic carbocycles. The zero-order valence-corrected chi connectivity index (χ0v) is 16.3. The van der Waals surface area contributed by atoms with E-state index in [1.165, 1.54) is 12.7 Å². The SMILES string of the molecule is COC(=O)N1CCN(C(=O)NCOc2ccc(C)cc2C(C)(C)C)CC1. The van der Waals surface area contributed by atoms with Crippen molar-refractivity contribution in [2.75, 3.05) is 40.0 Å². The maximum atomic E-state index is 12.3. The molecular weight excluding hydrogens is 334 g/mol. The van der Waals surface area contributed by atoms with Crippen molar-refractivity contribution in [3.05, 3.63) is 29.3 Å². The second-order valence-electron chi connectivity index (χ2n) is 7.46. The van der Waals surface area contributed by atoms with Crippen LogP contribution in [-0.4, -0.2) is 61.9 Å². The molecule has 0 atom stereocenters. The Morgan fingerprint density at radius 2 is 1.73 bits per heavy atom. The van der Waals surface area contributed by atoms with Crippen LogP contribution in [0.15, 0.2) is 18.2 Å². The van der Waals surface area contributed by atoms with Gasteiger partial charge in [0, 0.05) is 26.2 Å². The summed E-state index contributed by atoms with van der Waals surface area (Å²) >= 11 is 0. The van der Waals surface area contributed by atoms with Gasteiger partial charge in [-0.15, -0.1) is 0 Å². The lowest BCUT2D eigenvalue weighted by Crippen LogP contribution is -2.53. The van der Waals surface area contributed by atoms with E-state index in [2.05, 4.69) is 39.1 Å². The number of nitrogens with one attached hydrogen (secondary N) is 1. The number of hydrogen-bond donors (Lipinski definition) is 1. The summed E-state index contributed by atoms with van der Waals surface area (Å²) in [5.41, 5.74) is 2.24. The van der Waals surface area contributed by atoms with Crippen LogP contribution in [0.3, 0.4) is 0 Å². The minimum atomic E-state index is -0.359. The largest absolute Gasteiger partial charge is 0.473 e. The van der Waals surface area contributed by atoms with Crippen molar-refractivity contribution < 1.29 is 19.1 Å². The molecule has 0 saturated carbocycles. The summed E-state index contributed by atoms with van der Waals surface area (Å²) in [4.78, 5) is 27.0. The first kappa shape index (κ1) is 19.9. The molecular formula is C19H29N3O4. The molecule has 3 amide bonds. The van der Waals surface area contributed by atoms with Gasteiger partial charge < -0.3 is 24.6 Å². The Bertz CT molecular complexity index is 647. The zero-order chi connectivity index (χ0) is 19.3. The second kappa shape index (κ2) is 8.29. The Hall–Kier alpha value is -2.44. The zero-order valence-electron chi connectivity index (χ0n) is 16.3. The molecule has 1 saturated heterocycles. The first-order chi connectivity index (χ1) is 12.2. The van der Waals surface area contributed by atoms with E-state index < -0.39 is 0 Å². The molecule has 26 heavy (non-hydrogen) atoms. The van der Waals surface area contributed by atoms with Gasteiger partial charge in [0.1, 0.15) is 5.75 Å². The highest BCUT2D eigenvalue weighted by Gasteiger charge is 2.24. The van der Waals surface area contributed by atoms with Gasteiger partial charge in [0.25, 0.3) is 0 Å². The normalized spacial score (nSPS) is 14.8. The van der Waals surface area contributed by atoms with Gasteiger partial charge in [0.05, 0.1) is 7.11 Å². The molecule has 0 unspecified atom stereocenters. The molecule has 2 rings (SSSR count). The Labute approximate surface area is 155 Å². The molecule has 0 aromatic heterocycles. The fraction of sp³-hybridized carbons (Fsp3) is 0.579. The number of urea groups is 1. The Balaban J connectivity index is 1.85. The smallest absolute Gasteiger partial charge is 0.409 e. The van der Waals surface area contributed by atoms with E-state index in [9.17, 15) is 9.59 Å². The summed E-state index contributed by atoms with van der Waals surface area (Å²) in [5, 5.41) is 2.78. The predicted octanol–water partition coefficient (Wildman–Crippen LogP) is 2.72. The number of ether oxygens (including phenoxy) is 2. The number of benzene rings is 1. The van der Waals surface area contributed by atoms with Gasteiger partial charge in [-0.2, -0.15) is 0 Å². The molecule has 144 valence electrons. The lowest BCUT2D eigenvalue weighted by molar-refractivity contribution is 0.0957. The summed E-state index contributed by atoms with van der Waals surface area (Å²) in [6.07, 6.45) is -0.359.